The standard InChI is InChI=1S/C44H76NO8P/c1-4-6-8-10-12-14-16-18-20-21-23-25-27-29-31-33-35-37-44(47)53-42(41-52-54(48,49)51-39-38-45-3)40-50-43(46)36-34-32-30-28-26-24-22-19-17-15-13-11-9-7-5-2/h6,8,12,14-15,17-18,20,23,25,29,31,42,45H,4-5,7,9-11,13,16,19,21-22,24,26-28,30,32-41H2,1-3H3,(H,48,49)/b8-6-,14-12-,17-15-,20-18-,25-23-,31-29-. The van der Waals surface area contributed by atoms with Crippen LogP contribution in [0.3, 0.4) is 0 Å². The SMILES string of the molecule is CC/C=C\C/C=C\C/C=C\C/C=C\C/C=C\CCCC(=O)OC(COC(=O)CCCCCCCCC/C=C\CCCCCC)COP(=O)(O)OCCNC. The zero-order chi connectivity index (χ0) is 39.6. The predicted molar refractivity (Wildman–Crippen MR) is 224 cm³/mol. The van der Waals surface area contributed by atoms with Crippen LogP contribution in [0.2, 0.25) is 0 Å². The van der Waals surface area contributed by atoms with Gasteiger partial charge in [0.05, 0.1) is 13.2 Å². The van der Waals surface area contributed by atoms with Crippen molar-refractivity contribution in [2.45, 2.75) is 161 Å². The highest BCUT2D eigenvalue weighted by Crippen LogP contribution is 2.43. The van der Waals surface area contributed by atoms with Crippen molar-refractivity contribution in [3.63, 3.8) is 0 Å². The first kappa shape index (κ1) is 51.5. The number of phosphoric acid groups is 1. The number of carbonyl (C=O) groups is 2. The van der Waals surface area contributed by atoms with Crippen LogP contribution in [0, 0.1) is 0 Å². The molecule has 10 heteroatoms. The highest BCUT2D eigenvalue weighted by Gasteiger charge is 2.26. The van der Waals surface area contributed by atoms with E-state index in [1.807, 2.05) is 6.08 Å². The van der Waals surface area contributed by atoms with Gasteiger partial charge in [0.25, 0.3) is 0 Å². The molecule has 2 N–H and O–H groups in total. The van der Waals surface area contributed by atoms with E-state index in [-0.39, 0.29) is 26.1 Å². The second-order valence-electron chi connectivity index (χ2n) is 13.4. The molecular formula is C44H76NO8P. The second kappa shape index (κ2) is 40.1. The molecule has 0 aliphatic heterocycles. The molecule has 0 saturated carbocycles. The molecule has 0 amide bonds. The third kappa shape index (κ3) is 39.2. The first-order chi connectivity index (χ1) is 26.3. The van der Waals surface area contributed by atoms with Crippen molar-refractivity contribution in [1.29, 1.82) is 0 Å². The van der Waals surface area contributed by atoms with Gasteiger partial charge in [-0.15, -0.1) is 0 Å². The first-order valence-electron chi connectivity index (χ1n) is 20.9. The Kier molecular flexibility index (Phi) is 38.2. The summed E-state index contributed by atoms with van der Waals surface area (Å²) in [4.78, 5) is 35.0. The molecule has 9 nitrogen and oxygen atoms in total. The molecule has 0 rings (SSSR count). The van der Waals surface area contributed by atoms with Crippen LogP contribution in [0.5, 0.6) is 0 Å². The van der Waals surface area contributed by atoms with Gasteiger partial charge in [0.15, 0.2) is 6.10 Å². The summed E-state index contributed by atoms with van der Waals surface area (Å²) in [5, 5.41) is 2.81. The van der Waals surface area contributed by atoms with Gasteiger partial charge in [-0.2, -0.15) is 0 Å². The molecule has 0 aliphatic rings. The third-order valence-corrected chi connectivity index (χ3v) is 9.29. The lowest BCUT2D eigenvalue weighted by Gasteiger charge is -2.20. The van der Waals surface area contributed by atoms with E-state index in [0.29, 0.717) is 19.4 Å². The number of allylic oxidation sites excluding steroid dienone is 12. The summed E-state index contributed by atoms with van der Waals surface area (Å²) in [5.41, 5.74) is 0. The Morgan fingerprint density at radius 2 is 1.07 bits per heavy atom. The Balaban J connectivity index is 4.37. The Hall–Kier alpha value is -2.55. The number of carbonyl (C=O) groups excluding carboxylic acids is 2. The lowest BCUT2D eigenvalue weighted by atomic mass is 10.1. The monoisotopic (exact) mass is 778 g/mol. The molecule has 0 bridgehead atoms. The number of hydrogen-bond donors (Lipinski definition) is 2. The molecule has 0 radical (unpaired) electrons. The van der Waals surface area contributed by atoms with E-state index in [1.54, 1.807) is 7.05 Å². The maximum Gasteiger partial charge on any atom is 0.472 e. The van der Waals surface area contributed by atoms with Crippen LogP contribution >= 0.6 is 7.82 Å². The summed E-state index contributed by atoms with van der Waals surface area (Å²) in [6, 6.07) is 0. The molecule has 310 valence electrons. The van der Waals surface area contributed by atoms with Crippen molar-refractivity contribution in [2.24, 2.45) is 0 Å². The smallest absolute Gasteiger partial charge is 0.462 e. The number of rotatable bonds is 38. The minimum absolute atomic E-state index is 0.0316. The fraction of sp³-hybridized carbons (Fsp3) is 0.682. The molecule has 0 aromatic carbocycles. The summed E-state index contributed by atoms with van der Waals surface area (Å²) in [6.07, 6.45) is 46.7. The number of phosphoric ester groups is 1. The minimum atomic E-state index is -4.37. The molecule has 0 fully saturated rings. The van der Waals surface area contributed by atoms with E-state index in [9.17, 15) is 19.0 Å². The highest BCUT2D eigenvalue weighted by molar-refractivity contribution is 7.47. The van der Waals surface area contributed by atoms with Crippen LogP contribution in [-0.2, 0) is 32.7 Å². The molecular weight excluding hydrogens is 701 g/mol. The first-order valence-corrected chi connectivity index (χ1v) is 22.4. The Bertz CT molecular complexity index is 1110. The molecule has 0 aliphatic carbocycles. The van der Waals surface area contributed by atoms with Gasteiger partial charge >= 0.3 is 19.8 Å². The largest absolute Gasteiger partial charge is 0.472 e. The maximum absolute atomic E-state index is 12.6. The van der Waals surface area contributed by atoms with Gasteiger partial charge in [-0.1, -0.05) is 138 Å². The lowest BCUT2D eigenvalue weighted by molar-refractivity contribution is -0.161. The van der Waals surface area contributed by atoms with Crippen LogP contribution in [0.1, 0.15) is 155 Å². The van der Waals surface area contributed by atoms with E-state index in [1.165, 1.54) is 51.4 Å². The molecule has 0 saturated heterocycles. The van der Waals surface area contributed by atoms with Crippen LogP contribution < -0.4 is 5.32 Å². The van der Waals surface area contributed by atoms with Gasteiger partial charge in [-0.25, -0.2) is 4.57 Å². The quantitative estimate of drug-likeness (QED) is 0.0273. The topological polar surface area (TPSA) is 120 Å². The number of ether oxygens (including phenoxy) is 2. The summed E-state index contributed by atoms with van der Waals surface area (Å²) >= 11 is 0. The van der Waals surface area contributed by atoms with Gasteiger partial charge in [0.1, 0.15) is 6.61 Å². The summed E-state index contributed by atoms with van der Waals surface area (Å²) < 4.78 is 33.1. The number of unbranched alkanes of at least 4 members (excludes halogenated alkanes) is 12. The van der Waals surface area contributed by atoms with Crippen molar-refractivity contribution in [2.75, 3.05) is 33.4 Å². The fourth-order valence-corrected chi connectivity index (χ4v) is 5.92. The molecule has 54 heavy (non-hydrogen) atoms. The number of esters is 2. The average Bonchev–Trinajstić information content (AvgIpc) is 3.15. The van der Waals surface area contributed by atoms with Crippen molar-refractivity contribution in [3.05, 3.63) is 72.9 Å². The molecule has 2 atom stereocenters. The average molecular weight is 778 g/mol. The summed E-state index contributed by atoms with van der Waals surface area (Å²) in [7, 11) is -2.68. The van der Waals surface area contributed by atoms with E-state index >= 15 is 0 Å². The normalized spacial score (nSPS) is 14.1. The maximum atomic E-state index is 12.6. The summed E-state index contributed by atoms with van der Waals surface area (Å²) in [5.74, 6) is -0.886. The Morgan fingerprint density at radius 3 is 1.65 bits per heavy atom. The Labute approximate surface area is 329 Å². The van der Waals surface area contributed by atoms with Gasteiger partial charge in [0, 0.05) is 19.4 Å². The van der Waals surface area contributed by atoms with Crippen LogP contribution in [0.4, 0.5) is 0 Å². The van der Waals surface area contributed by atoms with E-state index < -0.39 is 32.5 Å². The van der Waals surface area contributed by atoms with Gasteiger partial charge in [0.2, 0.25) is 0 Å². The highest BCUT2D eigenvalue weighted by atomic mass is 31.2. The van der Waals surface area contributed by atoms with Crippen molar-refractivity contribution < 1.29 is 37.6 Å². The van der Waals surface area contributed by atoms with Crippen molar-refractivity contribution in [1.82, 2.24) is 5.32 Å². The molecule has 0 heterocycles. The van der Waals surface area contributed by atoms with Gasteiger partial charge in [-0.3, -0.25) is 18.6 Å². The second-order valence-corrected chi connectivity index (χ2v) is 14.9. The molecule has 0 spiro atoms. The molecule has 0 aromatic heterocycles. The zero-order valence-electron chi connectivity index (χ0n) is 34.1. The van der Waals surface area contributed by atoms with Gasteiger partial charge in [-0.05, 0) is 84.1 Å². The van der Waals surface area contributed by atoms with Crippen LogP contribution in [0.25, 0.3) is 0 Å². The zero-order valence-corrected chi connectivity index (χ0v) is 35.0. The minimum Gasteiger partial charge on any atom is -0.462 e. The van der Waals surface area contributed by atoms with Crippen LogP contribution in [-0.4, -0.2) is 56.3 Å². The van der Waals surface area contributed by atoms with Gasteiger partial charge < -0.3 is 19.7 Å². The van der Waals surface area contributed by atoms with Crippen LogP contribution in [0.15, 0.2) is 72.9 Å². The van der Waals surface area contributed by atoms with Crippen molar-refractivity contribution in [3.8, 4) is 0 Å². The fourth-order valence-electron chi connectivity index (χ4n) is 5.17. The lowest BCUT2D eigenvalue weighted by Crippen LogP contribution is -2.29. The number of likely N-dealkylation sites (N-methyl/N-ethyl adjacent to an activating group) is 1. The van der Waals surface area contributed by atoms with Crippen molar-refractivity contribution >= 4 is 19.8 Å². The predicted octanol–water partition coefficient (Wildman–Crippen LogP) is 11.8. The Morgan fingerprint density at radius 1 is 0.593 bits per heavy atom. The third-order valence-electron chi connectivity index (χ3n) is 8.31. The van der Waals surface area contributed by atoms with E-state index in [4.69, 9.17) is 18.5 Å². The molecule has 2 unspecified atom stereocenters. The van der Waals surface area contributed by atoms with E-state index in [0.717, 1.165) is 64.2 Å². The van der Waals surface area contributed by atoms with E-state index in [2.05, 4.69) is 86.0 Å². The number of nitrogens with one attached hydrogen (secondary N) is 1. The summed E-state index contributed by atoms with van der Waals surface area (Å²) in [6.45, 7) is 4.01. The molecule has 0 aromatic rings. The number of hydrogen-bond acceptors (Lipinski definition) is 8.